The predicted molar refractivity (Wildman–Crippen MR) is 96.7 cm³/mol. The van der Waals surface area contributed by atoms with Gasteiger partial charge in [0, 0.05) is 31.2 Å². The van der Waals surface area contributed by atoms with Gasteiger partial charge in [-0.25, -0.2) is 9.78 Å². The summed E-state index contributed by atoms with van der Waals surface area (Å²) in [6, 6.07) is 9.48. The Bertz CT molecular complexity index is 852. The summed E-state index contributed by atoms with van der Waals surface area (Å²) in [4.78, 5) is 16.3. The number of nitrogens with one attached hydrogen (secondary N) is 2. The number of aromatic nitrogens is 4. The monoisotopic (exact) mass is 338 g/mol. The number of aryl methyl sites for hydroxylation is 2. The van der Waals surface area contributed by atoms with Crippen LogP contribution < -0.4 is 10.6 Å². The third-order valence-electron chi connectivity index (χ3n) is 4.05. The number of urea groups is 1. The van der Waals surface area contributed by atoms with E-state index in [4.69, 9.17) is 0 Å². The number of amides is 2. The molecule has 0 aliphatic rings. The highest BCUT2D eigenvalue weighted by molar-refractivity contribution is 5.88. The van der Waals surface area contributed by atoms with E-state index in [0.29, 0.717) is 5.82 Å². The molecule has 130 valence electrons. The lowest BCUT2D eigenvalue weighted by molar-refractivity contribution is 0.249. The topological polar surface area (TPSA) is 76.8 Å². The molecule has 2 N–H and O–H groups in total. The molecule has 1 aromatic carbocycles. The van der Waals surface area contributed by atoms with E-state index >= 15 is 0 Å². The molecule has 0 spiro atoms. The van der Waals surface area contributed by atoms with Crippen molar-refractivity contribution in [2.75, 3.05) is 5.32 Å². The van der Waals surface area contributed by atoms with Crippen LogP contribution in [0.25, 0.3) is 5.69 Å². The van der Waals surface area contributed by atoms with Crippen LogP contribution in [-0.4, -0.2) is 25.4 Å². The maximum Gasteiger partial charge on any atom is 0.320 e. The minimum Gasteiger partial charge on any atom is -0.331 e. The molecule has 0 saturated carbocycles. The first kappa shape index (κ1) is 16.8. The number of nitrogens with zero attached hydrogens (tertiary/aromatic N) is 4. The smallest absolute Gasteiger partial charge is 0.320 e. The second-order valence-corrected chi connectivity index (χ2v) is 5.88. The van der Waals surface area contributed by atoms with Gasteiger partial charge in [0.15, 0.2) is 0 Å². The zero-order valence-corrected chi connectivity index (χ0v) is 14.6. The third kappa shape index (κ3) is 3.88. The van der Waals surface area contributed by atoms with Crippen LogP contribution >= 0.6 is 0 Å². The Kier molecular flexibility index (Phi) is 4.83. The summed E-state index contributed by atoms with van der Waals surface area (Å²) in [5.41, 5.74) is 2.96. The van der Waals surface area contributed by atoms with Crippen molar-refractivity contribution in [1.29, 1.82) is 0 Å². The van der Waals surface area contributed by atoms with Crippen molar-refractivity contribution in [3.05, 3.63) is 60.3 Å². The molecule has 0 aliphatic heterocycles. The van der Waals surface area contributed by atoms with E-state index in [9.17, 15) is 4.79 Å². The van der Waals surface area contributed by atoms with Crippen LogP contribution in [0, 0.1) is 0 Å². The Morgan fingerprint density at radius 2 is 2.16 bits per heavy atom. The van der Waals surface area contributed by atoms with Gasteiger partial charge < -0.3 is 9.88 Å². The van der Waals surface area contributed by atoms with Crippen molar-refractivity contribution in [2.24, 2.45) is 7.05 Å². The predicted octanol–water partition coefficient (Wildman–Crippen LogP) is 3.05. The number of imidazole rings is 1. The Hall–Kier alpha value is -3.09. The van der Waals surface area contributed by atoms with E-state index in [1.807, 2.05) is 62.0 Å². The van der Waals surface area contributed by atoms with Crippen LogP contribution in [0.2, 0.25) is 0 Å². The summed E-state index contributed by atoms with van der Waals surface area (Å²) in [6.45, 7) is 3.98. The number of carbonyl (C=O) groups excluding carboxylic acids is 1. The number of hydrogen-bond donors (Lipinski definition) is 2. The van der Waals surface area contributed by atoms with Crippen molar-refractivity contribution < 1.29 is 4.79 Å². The Labute approximate surface area is 146 Å². The summed E-state index contributed by atoms with van der Waals surface area (Å²) in [7, 11) is 1.81. The third-order valence-corrected chi connectivity index (χ3v) is 4.05. The number of rotatable bonds is 5. The fourth-order valence-corrected chi connectivity index (χ4v) is 2.62. The van der Waals surface area contributed by atoms with E-state index in [2.05, 4.69) is 20.7 Å². The van der Waals surface area contributed by atoms with Crippen LogP contribution in [-0.2, 0) is 13.5 Å². The molecule has 2 amide bonds. The van der Waals surface area contributed by atoms with E-state index in [-0.39, 0.29) is 12.1 Å². The lowest BCUT2D eigenvalue weighted by Gasteiger charge is -2.16. The molecule has 0 fully saturated rings. The average molecular weight is 338 g/mol. The molecule has 0 radical (unpaired) electrons. The Morgan fingerprint density at radius 3 is 2.84 bits per heavy atom. The lowest BCUT2D eigenvalue weighted by atomic mass is 10.1. The van der Waals surface area contributed by atoms with Gasteiger partial charge in [-0.1, -0.05) is 19.1 Å². The highest BCUT2D eigenvalue weighted by Gasteiger charge is 2.12. The molecule has 1 unspecified atom stereocenters. The zero-order valence-electron chi connectivity index (χ0n) is 14.6. The van der Waals surface area contributed by atoms with Gasteiger partial charge in [0.05, 0.1) is 18.1 Å². The molecule has 7 heteroatoms. The SMILES string of the molecule is CCc1cc(NC(=O)NC(C)c2cccc(-n3ccnc3)c2)n(C)n1. The van der Waals surface area contributed by atoms with Gasteiger partial charge in [0.1, 0.15) is 5.82 Å². The summed E-state index contributed by atoms with van der Waals surface area (Å²) in [5, 5.41) is 10.1. The van der Waals surface area contributed by atoms with E-state index < -0.39 is 0 Å². The highest BCUT2D eigenvalue weighted by Crippen LogP contribution is 2.17. The van der Waals surface area contributed by atoms with E-state index in [0.717, 1.165) is 23.4 Å². The lowest BCUT2D eigenvalue weighted by Crippen LogP contribution is -2.31. The molecule has 7 nitrogen and oxygen atoms in total. The van der Waals surface area contributed by atoms with Gasteiger partial charge in [-0.2, -0.15) is 5.10 Å². The van der Waals surface area contributed by atoms with Crippen molar-refractivity contribution in [3.63, 3.8) is 0 Å². The van der Waals surface area contributed by atoms with Crippen LogP contribution in [0.3, 0.4) is 0 Å². The number of anilines is 1. The van der Waals surface area contributed by atoms with E-state index in [1.165, 1.54) is 0 Å². The maximum absolute atomic E-state index is 12.3. The van der Waals surface area contributed by atoms with Crippen molar-refractivity contribution >= 4 is 11.8 Å². The molecule has 25 heavy (non-hydrogen) atoms. The Morgan fingerprint density at radius 1 is 1.32 bits per heavy atom. The molecule has 0 aliphatic carbocycles. The molecule has 3 aromatic rings. The van der Waals surface area contributed by atoms with Crippen molar-refractivity contribution in [3.8, 4) is 5.69 Å². The van der Waals surface area contributed by atoms with Crippen molar-refractivity contribution in [2.45, 2.75) is 26.3 Å². The summed E-state index contributed by atoms with van der Waals surface area (Å²) in [6.07, 6.45) is 6.20. The van der Waals surface area contributed by atoms with Crippen LogP contribution in [0.4, 0.5) is 10.6 Å². The standard InChI is InChI=1S/C18H22N6O/c1-4-15-11-17(23(3)22-15)21-18(25)20-13(2)14-6-5-7-16(10-14)24-9-8-19-12-24/h5-13H,4H2,1-3H3,(H2,20,21,25). The molecule has 2 aromatic heterocycles. The minimum absolute atomic E-state index is 0.137. The zero-order chi connectivity index (χ0) is 17.8. The molecule has 1 atom stereocenters. The largest absolute Gasteiger partial charge is 0.331 e. The summed E-state index contributed by atoms with van der Waals surface area (Å²) < 4.78 is 3.60. The minimum atomic E-state index is -0.258. The van der Waals surface area contributed by atoms with Crippen LogP contribution in [0.1, 0.15) is 31.1 Å². The van der Waals surface area contributed by atoms with Crippen LogP contribution in [0.5, 0.6) is 0 Å². The maximum atomic E-state index is 12.3. The highest BCUT2D eigenvalue weighted by atomic mass is 16.2. The van der Waals surface area contributed by atoms with Crippen molar-refractivity contribution in [1.82, 2.24) is 24.6 Å². The first-order valence-electron chi connectivity index (χ1n) is 8.25. The summed E-state index contributed by atoms with van der Waals surface area (Å²) in [5.74, 6) is 0.675. The number of carbonyl (C=O) groups is 1. The molecular formula is C18H22N6O. The van der Waals surface area contributed by atoms with Gasteiger partial charge in [0.25, 0.3) is 0 Å². The molecule has 3 rings (SSSR count). The molecule has 0 saturated heterocycles. The van der Waals surface area contributed by atoms with E-state index in [1.54, 1.807) is 17.2 Å². The van der Waals surface area contributed by atoms with Gasteiger partial charge in [-0.3, -0.25) is 10.00 Å². The first-order valence-corrected chi connectivity index (χ1v) is 8.25. The van der Waals surface area contributed by atoms with Crippen LogP contribution in [0.15, 0.2) is 49.1 Å². The normalized spacial score (nSPS) is 12.0. The first-order chi connectivity index (χ1) is 12.1. The molecule has 2 heterocycles. The van der Waals surface area contributed by atoms with Gasteiger partial charge in [-0.15, -0.1) is 0 Å². The van der Waals surface area contributed by atoms with Gasteiger partial charge in [0.2, 0.25) is 0 Å². The second-order valence-electron chi connectivity index (χ2n) is 5.88. The number of benzene rings is 1. The van der Waals surface area contributed by atoms with Gasteiger partial charge >= 0.3 is 6.03 Å². The number of hydrogen-bond acceptors (Lipinski definition) is 3. The quantitative estimate of drug-likeness (QED) is 0.750. The average Bonchev–Trinajstić information content (AvgIpc) is 3.25. The summed E-state index contributed by atoms with van der Waals surface area (Å²) >= 11 is 0. The Balaban J connectivity index is 1.67. The fraction of sp³-hybridized carbons (Fsp3) is 0.278. The van der Waals surface area contributed by atoms with Gasteiger partial charge in [-0.05, 0) is 31.0 Å². The molecule has 0 bridgehead atoms. The second kappa shape index (κ2) is 7.21. The molecular weight excluding hydrogens is 316 g/mol. The fourth-order valence-electron chi connectivity index (χ4n) is 2.62.